The van der Waals surface area contributed by atoms with Gasteiger partial charge in [-0.15, -0.1) is 0 Å². The van der Waals surface area contributed by atoms with E-state index in [4.69, 9.17) is 0 Å². The average molecular weight is 248 g/mol. The van der Waals surface area contributed by atoms with E-state index < -0.39 is 0 Å². The molecule has 0 aromatic carbocycles. The van der Waals surface area contributed by atoms with Crippen LogP contribution in [0, 0.1) is 23.7 Å². The van der Waals surface area contributed by atoms with Crippen molar-refractivity contribution in [1.29, 1.82) is 0 Å². The Kier molecular flexibility index (Phi) is 3.42. The molecule has 3 heteroatoms. The van der Waals surface area contributed by atoms with Crippen LogP contribution in [0.25, 0.3) is 0 Å². The number of hydrogen-bond acceptors (Lipinski definition) is 2. The van der Waals surface area contributed by atoms with Crippen molar-refractivity contribution < 1.29 is 4.79 Å². The lowest BCUT2D eigenvalue weighted by atomic mass is 9.90. The van der Waals surface area contributed by atoms with Gasteiger partial charge in [0.2, 0.25) is 5.91 Å². The second-order valence-corrected chi connectivity index (χ2v) is 6.21. The number of allylic oxidation sites excluding steroid dienone is 2. The number of piperidine rings is 1. The van der Waals surface area contributed by atoms with Gasteiger partial charge in [-0.1, -0.05) is 12.2 Å². The minimum Gasteiger partial charge on any atom is -0.342 e. The number of fused-ring (bicyclic) bond motifs is 2. The number of carbonyl (C=O) groups is 1. The van der Waals surface area contributed by atoms with Crippen LogP contribution in [0.4, 0.5) is 0 Å². The molecule has 1 N–H and O–H groups in total. The molecule has 3 atom stereocenters. The molecule has 100 valence electrons. The number of amides is 1. The van der Waals surface area contributed by atoms with Crippen molar-refractivity contribution in [3.05, 3.63) is 12.2 Å². The first-order valence-corrected chi connectivity index (χ1v) is 7.39. The summed E-state index contributed by atoms with van der Waals surface area (Å²) in [5, 5.41) is 3.25. The summed E-state index contributed by atoms with van der Waals surface area (Å²) in [6.45, 7) is 3.05. The van der Waals surface area contributed by atoms with E-state index in [2.05, 4.69) is 22.4 Å². The summed E-state index contributed by atoms with van der Waals surface area (Å²) in [6.07, 6.45) is 9.27. The number of carbonyl (C=O) groups excluding carboxylic acids is 1. The zero-order chi connectivity index (χ0) is 12.5. The molecule has 3 rings (SSSR count). The van der Waals surface area contributed by atoms with E-state index in [1.54, 1.807) is 0 Å². The van der Waals surface area contributed by atoms with Gasteiger partial charge >= 0.3 is 0 Å². The average Bonchev–Trinajstić information content (AvgIpc) is 3.01. The van der Waals surface area contributed by atoms with Crippen LogP contribution in [0.1, 0.15) is 25.7 Å². The summed E-state index contributed by atoms with van der Waals surface area (Å²) >= 11 is 0. The number of rotatable bonds is 3. The Morgan fingerprint density at radius 3 is 2.61 bits per heavy atom. The molecule has 2 aliphatic carbocycles. The molecule has 0 aromatic heterocycles. The van der Waals surface area contributed by atoms with Crippen molar-refractivity contribution >= 4 is 5.91 Å². The molecule has 2 bridgehead atoms. The van der Waals surface area contributed by atoms with Crippen LogP contribution < -0.4 is 5.32 Å². The fourth-order valence-electron chi connectivity index (χ4n) is 3.95. The maximum absolute atomic E-state index is 12.5. The normalized spacial score (nSPS) is 35.4. The van der Waals surface area contributed by atoms with Gasteiger partial charge in [0, 0.05) is 19.0 Å². The Morgan fingerprint density at radius 2 is 2.06 bits per heavy atom. The summed E-state index contributed by atoms with van der Waals surface area (Å²) in [4.78, 5) is 14.7. The molecule has 1 saturated heterocycles. The first kappa shape index (κ1) is 12.2. The van der Waals surface area contributed by atoms with E-state index >= 15 is 0 Å². The molecule has 3 nitrogen and oxygen atoms in total. The Bertz CT molecular complexity index is 344. The molecule has 1 amide bonds. The third kappa shape index (κ3) is 2.20. The van der Waals surface area contributed by atoms with Crippen molar-refractivity contribution in [1.82, 2.24) is 10.2 Å². The van der Waals surface area contributed by atoms with Crippen LogP contribution in [0.3, 0.4) is 0 Å². The molecule has 3 unspecified atom stereocenters. The van der Waals surface area contributed by atoms with Crippen LogP contribution in [0.2, 0.25) is 0 Å². The van der Waals surface area contributed by atoms with Crippen LogP contribution in [0.15, 0.2) is 12.2 Å². The number of nitrogens with one attached hydrogen (secondary N) is 1. The zero-order valence-corrected chi connectivity index (χ0v) is 11.3. The lowest BCUT2D eigenvalue weighted by molar-refractivity contribution is -0.137. The van der Waals surface area contributed by atoms with Gasteiger partial charge in [0.25, 0.3) is 0 Å². The predicted octanol–water partition coefficient (Wildman–Crippen LogP) is 1.66. The Morgan fingerprint density at radius 1 is 1.28 bits per heavy atom. The standard InChI is InChI=1S/C15H24N2O/c1-16-10-11-4-6-17(7-5-11)15(18)14-9-12-2-3-13(14)8-12/h2-3,11-14,16H,4-10H2,1H3. The minimum atomic E-state index is 0.306. The SMILES string of the molecule is CNCC1CCN(C(=O)C2CC3C=CC2C3)CC1. The third-order valence-corrected chi connectivity index (χ3v) is 5.02. The lowest BCUT2D eigenvalue weighted by Gasteiger charge is -2.34. The fourth-order valence-corrected chi connectivity index (χ4v) is 3.95. The maximum Gasteiger partial charge on any atom is 0.226 e. The summed E-state index contributed by atoms with van der Waals surface area (Å²) in [5.74, 6) is 2.76. The van der Waals surface area contributed by atoms with Gasteiger partial charge in [-0.05, 0) is 57.0 Å². The Labute approximate surface area is 110 Å². The van der Waals surface area contributed by atoms with Crippen LogP contribution in [0.5, 0.6) is 0 Å². The molecular weight excluding hydrogens is 224 g/mol. The first-order chi connectivity index (χ1) is 8.78. The van der Waals surface area contributed by atoms with Crippen LogP contribution in [-0.4, -0.2) is 37.5 Å². The molecule has 0 radical (unpaired) electrons. The monoisotopic (exact) mass is 248 g/mol. The van der Waals surface area contributed by atoms with E-state index in [1.165, 1.54) is 19.3 Å². The fraction of sp³-hybridized carbons (Fsp3) is 0.800. The van der Waals surface area contributed by atoms with Crippen molar-refractivity contribution in [3.8, 4) is 0 Å². The molecule has 1 heterocycles. The highest BCUT2D eigenvalue weighted by Gasteiger charge is 2.41. The van der Waals surface area contributed by atoms with Gasteiger partial charge in [0.15, 0.2) is 0 Å². The van der Waals surface area contributed by atoms with Gasteiger partial charge in [-0.3, -0.25) is 4.79 Å². The number of nitrogens with zero attached hydrogens (tertiary/aromatic N) is 1. The lowest BCUT2D eigenvalue weighted by Crippen LogP contribution is -2.44. The Balaban J connectivity index is 1.54. The largest absolute Gasteiger partial charge is 0.342 e. The van der Waals surface area contributed by atoms with Crippen molar-refractivity contribution in [3.63, 3.8) is 0 Å². The van der Waals surface area contributed by atoms with Crippen molar-refractivity contribution in [2.24, 2.45) is 23.7 Å². The van der Waals surface area contributed by atoms with E-state index in [0.717, 1.165) is 32.0 Å². The topological polar surface area (TPSA) is 32.3 Å². The highest BCUT2D eigenvalue weighted by atomic mass is 16.2. The van der Waals surface area contributed by atoms with Gasteiger partial charge in [-0.25, -0.2) is 0 Å². The third-order valence-electron chi connectivity index (χ3n) is 5.02. The number of hydrogen-bond donors (Lipinski definition) is 1. The summed E-state index contributed by atoms with van der Waals surface area (Å²) in [5.41, 5.74) is 0. The minimum absolute atomic E-state index is 0.306. The molecule has 0 spiro atoms. The second-order valence-electron chi connectivity index (χ2n) is 6.21. The maximum atomic E-state index is 12.5. The molecule has 1 aliphatic heterocycles. The van der Waals surface area contributed by atoms with E-state index in [-0.39, 0.29) is 0 Å². The molecule has 2 fully saturated rings. The van der Waals surface area contributed by atoms with Crippen LogP contribution in [-0.2, 0) is 4.79 Å². The summed E-state index contributed by atoms with van der Waals surface area (Å²) in [6, 6.07) is 0. The summed E-state index contributed by atoms with van der Waals surface area (Å²) in [7, 11) is 2.01. The van der Waals surface area contributed by atoms with Gasteiger partial charge < -0.3 is 10.2 Å². The first-order valence-electron chi connectivity index (χ1n) is 7.39. The highest BCUT2D eigenvalue weighted by molar-refractivity contribution is 5.80. The number of likely N-dealkylation sites (tertiary alicyclic amines) is 1. The molecule has 3 aliphatic rings. The van der Waals surface area contributed by atoms with Crippen molar-refractivity contribution in [2.75, 3.05) is 26.7 Å². The molecule has 0 aromatic rings. The van der Waals surface area contributed by atoms with E-state index in [9.17, 15) is 4.79 Å². The van der Waals surface area contributed by atoms with Crippen LogP contribution >= 0.6 is 0 Å². The quantitative estimate of drug-likeness (QED) is 0.770. The van der Waals surface area contributed by atoms with Gasteiger partial charge in [0.1, 0.15) is 0 Å². The highest BCUT2D eigenvalue weighted by Crippen LogP contribution is 2.44. The molecular formula is C15H24N2O. The van der Waals surface area contributed by atoms with E-state index in [0.29, 0.717) is 23.7 Å². The summed E-state index contributed by atoms with van der Waals surface area (Å²) < 4.78 is 0. The van der Waals surface area contributed by atoms with Gasteiger partial charge in [-0.2, -0.15) is 0 Å². The van der Waals surface area contributed by atoms with E-state index in [1.807, 2.05) is 7.05 Å². The Hall–Kier alpha value is -0.830. The van der Waals surface area contributed by atoms with Gasteiger partial charge in [0.05, 0.1) is 0 Å². The molecule has 1 saturated carbocycles. The van der Waals surface area contributed by atoms with Crippen molar-refractivity contribution in [2.45, 2.75) is 25.7 Å². The predicted molar refractivity (Wildman–Crippen MR) is 72.1 cm³/mol. The molecule has 18 heavy (non-hydrogen) atoms. The second kappa shape index (κ2) is 5.04. The zero-order valence-electron chi connectivity index (χ0n) is 11.3. The smallest absolute Gasteiger partial charge is 0.226 e.